The molecule has 300 valence electrons. The highest BCUT2D eigenvalue weighted by Gasteiger charge is 2.38. The first kappa shape index (κ1) is 42.5. The fraction of sp³-hybridized carbons (Fsp3) is 0.159. The van der Waals surface area contributed by atoms with E-state index in [1.54, 1.807) is 35.2 Å². The van der Waals surface area contributed by atoms with Gasteiger partial charge in [-0.2, -0.15) is 26.3 Å². The number of para-hydroxylation sites is 2. The van der Waals surface area contributed by atoms with Crippen molar-refractivity contribution in [2.75, 3.05) is 4.90 Å². The first-order valence-electron chi connectivity index (χ1n) is 17.8. The highest BCUT2D eigenvalue weighted by atomic mass is 19.4. The van der Waals surface area contributed by atoms with Crippen molar-refractivity contribution in [2.45, 2.75) is 44.8 Å². The maximum Gasteiger partial charge on any atom is 0.490 e. The molecular weight excluding hydrogens is 764 g/mol. The molecule has 0 heterocycles. The minimum absolute atomic E-state index is 0.0527. The molecule has 6 aromatic rings. The van der Waals surface area contributed by atoms with Gasteiger partial charge in [-0.3, -0.25) is 9.59 Å². The van der Waals surface area contributed by atoms with Crippen LogP contribution in [0.2, 0.25) is 0 Å². The van der Waals surface area contributed by atoms with E-state index < -0.39 is 29.8 Å². The summed E-state index contributed by atoms with van der Waals surface area (Å²) in [6.45, 7) is 0.203. The summed E-state index contributed by atoms with van der Waals surface area (Å²) < 4.78 is 78.4. The predicted molar refractivity (Wildman–Crippen MR) is 208 cm³/mol. The van der Waals surface area contributed by atoms with Crippen LogP contribution < -0.4 is 20.7 Å². The summed E-state index contributed by atoms with van der Waals surface area (Å²) in [7, 11) is 0. The molecule has 8 nitrogen and oxygen atoms in total. The molecule has 0 spiro atoms. The molecule has 0 aliphatic rings. The fourth-order valence-electron chi connectivity index (χ4n) is 5.98. The summed E-state index contributed by atoms with van der Waals surface area (Å²) >= 11 is 0. The smallest absolute Gasteiger partial charge is 0.475 e. The van der Waals surface area contributed by atoms with E-state index in [4.69, 9.17) is 20.4 Å². The molecule has 0 bridgehead atoms. The number of amides is 2. The number of fused-ring (bicyclic) bond motifs is 1. The van der Waals surface area contributed by atoms with Crippen LogP contribution in [0, 0.1) is 0 Å². The van der Waals surface area contributed by atoms with Crippen LogP contribution in [0.4, 0.5) is 32.0 Å². The molecule has 2 amide bonds. The zero-order valence-electron chi connectivity index (χ0n) is 30.7. The van der Waals surface area contributed by atoms with Crippen molar-refractivity contribution in [3.8, 4) is 22.6 Å². The maximum absolute atomic E-state index is 14.0. The van der Waals surface area contributed by atoms with Crippen molar-refractivity contribution in [1.82, 2.24) is 5.32 Å². The first-order chi connectivity index (χ1) is 27.6. The molecule has 14 heteroatoms. The number of carbonyl (C=O) groups is 3. The second kappa shape index (κ2) is 19.0. The zero-order valence-corrected chi connectivity index (χ0v) is 30.7. The molecule has 0 saturated heterocycles. The zero-order chi connectivity index (χ0) is 41.9. The Balaban J connectivity index is 0.000000839. The molecule has 0 aromatic heterocycles. The van der Waals surface area contributed by atoms with Crippen molar-refractivity contribution in [2.24, 2.45) is 5.73 Å². The summed E-state index contributed by atoms with van der Waals surface area (Å²) in [4.78, 5) is 37.3. The van der Waals surface area contributed by atoms with Crippen molar-refractivity contribution in [3.05, 3.63) is 162 Å². The summed E-state index contributed by atoms with van der Waals surface area (Å²) in [6.07, 6.45) is -10.0. The minimum atomic E-state index is -5.08. The van der Waals surface area contributed by atoms with Gasteiger partial charge in [0.25, 0.3) is 0 Å². The van der Waals surface area contributed by atoms with E-state index in [2.05, 4.69) is 29.6 Å². The molecule has 6 aromatic carbocycles. The quantitative estimate of drug-likeness (QED) is 0.106. The van der Waals surface area contributed by atoms with Gasteiger partial charge in [-0.05, 0) is 68.9 Å². The van der Waals surface area contributed by atoms with Crippen molar-refractivity contribution in [1.29, 1.82) is 0 Å². The molecule has 0 fully saturated rings. The summed E-state index contributed by atoms with van der Waals surface area (Å²) in [5.41, 5.74) is 9.32. The van der Waals surface area contributed by atoms with Gasteiger partial charge in [-0.1, -0.05) is 109 Å². The Labute approximate surface area is 329 Å². The summed E-state index contributed by atoms with van der Waals surface area (Å²) in [5, 5.41) is 11.9. The van der Waals surface area contributed by atoms with Gasteiger partial charge in [0.2, 0.25) is 11.8 Å². The number of nitrogens with one attached hydrogen (secondary N) is 1. The number of carboxylic acid groups (broad SMARTS) is 1. The third kappa shape index (κ3) is 11.4. The Bertz CT molecular complexity index is 2360. The number of carboxylic acids is 1. The molecule has 6 rings (SSSR count). The van der Waals surface area contributed by atoms with Crippen LogP contribution in [0.5, 0.6) is 11.5 Å². The molecule has 4 N–H and O–H groups in total. The van der Waals surface area contributed by atoms with E-state index in [1.807, 2.05) is 60.7 Å². The molecule has 0 aliphatic carbocycles. The fourth-order valence-corrected chi connectivity index (χ4v) is 5.98. The Kier molecular flexibility index (Phi) is 13.9. The monoisotopic (exact) mass is 801 g/mol. The first-order valence-corrected chi connectivity index (χ1v) is 17.8. The Morgan fingerprint density at radius 1 is 0.707 bits per heavy atom. The lowest BCUT2D eigenvalue weighted by molar-refractivity contribution is -0.192. The van der Waals surface area contributed by atoms with Gasteiger partial charge in [0, 0.05) is 25.9 Å². The topological polar surface area (TPSA) is 122 Å². The lowest BCUT2D eigenvalue weighted by Crippen LogP contribution is -2.32. The number of aliphatic carboxylic acids is 1. The van der Waals surface area contributed by atoms with Crippen LogP contribution in [-0.2, 0) is 40.2 Å². The number of nitrogens with zero attached hydrogens (tertiary/aromatic N) is 1. The standard InChI is InChI=1S/C42H36F3N3O3.C2HF3O2/c43-42(44,45)37-16-4-2-11-33(37)27-47-40(49)23-24-41(50)48(38-17-5-6-18-39(38)51-34-13-7-9-30(25-34)26-46)28-29-19-21-32(22-20-29)36-15-8-12-31-10-1-3-14-35(31)36;3-2(4,5)1(6)7/h1-22,25H,23-24,26-28,46H2,(H,47,49);(H,6,7). The number of ether oxygens (including phenoxy) is 1. The van der Waals surface area contributed by atoms with Crippen molar-refractivity contribution < 1.29 is 50.6 Å². The molecule has 0 unspecified atom stereocenters. The molecule has 0 radical (unpaired) electrons. The second-order valence-corrected chi connectivity index (χ2v) is 12.9. The maximum atomic E-state index is 14.0. The van der Waals surface area contributed by atoms with Gasteiger partial charge in [0.05, 0.1) is 17.8 Å². The Morgan fingerprint density at radius 3 is 2.05 bits per heavy atom. The number of carbonyl (C=O) groups excluding carboxylic acids is 2. The number of anilines is 1. The van der Waals surface area contributed by atoms with Gasteiger partial charge in [0.1, 0.15) is 5.75 Å². The van der Waals surface area contributed by atoms with E-state index in [0.29, 0.717) is 23.7 Å². The lowest BCUT2D eigenvalue weighted by Gasteiger charge is -2.25. The Hall–Kier alpha value is -6.67. The third-order valence-corrected chi connectivity index (χ3v) is 8.82. The summed E-state index contributed by atoms with van der Waals surface area (Å²) in [6, 6.07) is 41.9. The van der Waals surface area contributed by atoms with E-state index >= 15 is 0 Å². The number of rotatable bonds is 12. The second-order valence-electron chi connectivity index (χ2n) is 12.9. The SMILES string of the molecule is NCc1cccc(Oc2ccccc2N(Cc2ccc(-c3cccc4ccccc34)cc2)C(=O)CCC(=O)NCc2ccccc2C(F)(F)F)c1.O=C(O)C(F)(F)F. The van der Waals surface area contributed by atoms with Crippen LogP contribution in [0.3, 0.4) is 0 Å². The van der Waals surface area contributed by atoms with Gasteiger partial charge in [-0.15, -0.1) is 0 Å². The van der Waals surface area contributed by atoms with Crippen LogP contribution in [0.1, 0.15) is 35.1 Å². The number of benzene rings is 6. The lowest BCUT2D eigenvalue weighted by atomic mass is 9.97. The normalized spacial score (nSPS) is 11.3. The van der Waals surface area contributed by atoms with Crippen LogP contribution in [0.25, 0.3) is 21.9 Å². The molecule has 58 heavy (non-hydrogen) atoms. The Morgan fingerprint density at radius 2 is 1.34 bits per heavy atom. The molecule has 0 saturated carbocycles. The van der Waals surface area contributed by atoms with Crippen LogP contribution >= 0.6 is 0 Å². The molecule has 0 atom stereocenters. The average Bonchev–Trinajstić information content (AvgIpc) is 3.21. The largest absolute Gasteiger partial charge is 0.490 e. The van der Waals surface area contributed by atoms with E-state index in [-0.39, 0.29) is 37.4 Å². The van der Waals surface area contributed by atoms with Gasteiger partial charge in [0.15, 0.2) is 5.75 Å². The van der Waals surface area contributed by atoms with Crippen molar-refractivity contribution in [3.63, 3.8) is 0 Å². The number of alkyl halides is 6. The third-order valence-electron chi connectivity index (χ3n) is 8.82. The van der Waals surface area contributed by atoms with Gasteiger partial charge in [-0.25, -0.2) is 4.79 Å². The molecular formula is C44H37F6N3O5. The number of hydrogen-bond acceptors (Lipinski definition) is 5. The number of hydrogen-bond donors (Lipinski definition) is 3. The van der Waals surface area contributed by atoms with E-state index in [1.165, 1.54) is 18.2 Å². The predicted octanol–water partition coefficient (Wildman–Crippen LogP) is 10.0. The number of halogens is 6. The molecule has 0 aliphatic heterocycles. The average molecular weight is 802 g/mol. The number of nitrogens with two attached hydrogens (primary N) is 1. The minimum Gasteiger partial charge on any atom is -0.475 e. The highest BCUT2D eigenvalue weighted by Crippen LogP contribution is 2.35. The van der Waals surface area contributed by atoms with Gasteiger partial charge >= 0.3 is 18.3 Å². The highest BCUT2D eigenvalue weighted by molar-refractivity contribution is 5.98. The van der Waals surface area contributed by atoms with Crippen LogP contribution in [-0.4, -0.2) is 29.1 Å². The summed E-state index contributed by atoms with van der Waals surface area (Å²) in [5.74, 6) is -2.67. The van der Waals surface area contributed by atoms with Crippen LogP contribution in [0.15, 0.2) is 140 Å². The van der Waals surface area contributed by atoms with E-state index in [0.717, 1.165) is 39.1 Å². The van der Waals surface area contributed by atoms with E-state index in [9.17, 15) is 35.9 Å². The van der Waals surface area contributed by atoms with Gasteiger partial charge < -0.3 is 25.8 Å². The van der Waals surface area contributed by atoms with Crippen molar-refractivity contribution >= 4 is 34.2 Å².